The molecule has 3 fully saturated rings. The van der Waals surface area contributed by atoms with Gasteiger partial charge in [-0.1, -0.05) is 0 Å². The quantitative estimate of drug-likeness (QED) is 0.803. The van der Waals surface area contributed by atoms with Gasteiger partial charge in [0.05, 0.1) is 22.5 Å². The van der Waals surface area contributed by atoms with E-state index in [4.69, 9.17) is 0 Å². The van der Waals surface area contributed by atoms with E-state index in [9.17, 15) is 13.2 Å². The first kappa shape index (κ1) is 14.2. The van der Waals surface area contributed by atoms with Crippen LogP contribution in [0.4, 0.5) is 5.69 Å². The maximum absolute atomic E-state index is 12.9. The summed E-state index contributed by atoms with van der Waals surface area (Å²) in [5, 5.41) is 3.91. The second-order valence-electron chi connectivity index (χ2n) is 6.69. The van der Waals surface area contributed by atoms with Gasteiger partial charge in [0.1, 0.15) is 0 Å². The molecule has 1 aliphatic carbocycles. The van der Waals surface area contributed by atoms with Gasteiger partial charge in [0, 0.05) is 32.9 Å². The van der Waals surface area contributed by atoms with Crippen LogP contribution in [0, 0.1) is 5.41 Å². The predicted molar refractivity (Wildman–Crippen MR) is 80.7 cm³/mol. The number of hydrogen-bond acceptors (Lipinski definition) is 4. The van der Waals surface area contributed by atoms with Crippen molar-refractivity contribution < 1.29 is 13.2 Å². The first-order valence-electron chi connectivity index (χ1n) is 7.72. The zero-order valence-corrected chi connectivity index (χ0v) is 13.4. The smallest absolute Gasteiger partial charge is 0.234 e. The van der Waals surface area contributed by atoms with Crippen LogP contribution in [0.5, 0.6) is 0 Å². The predicted octanol–water partition coefficient (Wildman–Crippen LogP) is 0.341. The Hall–Kier alpha value is -1.41. The molecule has 2 aliphatic heterocycles. The lowest BCUT2D eigenvalue weighted by Crippen LogP contribution is -2.39. The summed E-state index contributed by atoms with van der Waals surface area (Å²) < 4.78 is 28.0. The molecular weight excluding hydrogens is 304 g/mol. The minimum Gasteiger partial charge on any atom is -0.309 e. The molecule has 3 aliphatic rings. The number of anilines is 1. The van der Waals surface area contributed by atoms with Crippen LogP contribution in [-0.4, -0.2) is 53.3 Å². The minimum absolute atomic E-state index is 0.0500. The zero-order valence-electron chi connectivity index (χ0n) is 12.6. The van der Waals surface area contributed by atoms with Crippen LogP contribution >= 0.6 is 0 Å². The van der Waals surface area contributed by atoms with E-state index in [0.717, 1.165) is 24.9 Å². The van der Waals surface area contributed by atoms with E-state index in [1.807, 2.05) is 13.2 Å². The fourth-order valence-corrected chi connectivity index (χ4v) is 5.55. The number of nitrogens with zero attached hydrogens (tertiary/aromatic N) is 4. The number of carbonyl (C=O) groups excluding carboxylic acids is 1. The lowest BCUT2D eigenvalue weighted by Gasteiger charge is -2.23. The number of rotatable bonds is 3. The van der Waals surface area contributed by atoms with Gasteiger partial charge >= 0.3 is 0 Å². The van der Waals surface area contributed by atoms with Crippen LogP contribution in [0.25, 0.3) is 0 Å². The first-order valence-corrected chi connectivity index (χ1v) is 9.22. The summed E-state index contributed by atoms with van der Waals surface area (Å²) in [6, 6.07) is 0. The Labute approximate surface area is 129 Å². The van der Waals surface area contributed by atoms with Crippen molar-refractivity contribution in [1.29, 1.82) is 0 Å². The zero-order chi connectivity index (χ0) is 15.5. The fourth-order valence-electron chi connectivity index (χ4n) is 3.62. The largest absolute Gasteiger partial charge is 0.309 e. The fraction of sp³-hybridized carbons (Fsp3) is 0.714. The lowest BCUT2D eigenvalue weighted by molar-refractivity contribution is -0.124. The standard InChI is InChI=1S/C14H20N4O3S/c1-16-9-11(8-15-16)18-7-5-14(13(18)19)4-6-17(10-14)22(20,21)12-2-3-12/h8-9,12H,2-7,10H2,1H3. The van der Waals surface area contributed by atoms with Crippen LogP contribution in [0.1, 0.15) is 25.7 Å². The van der Waals surface area contributed by atoms with Crippen molar-refractivity contribution in [1.82, 2.24) is 14.1 Å². The van der Waals surface area contributed by atoms with Crippen LogP contribution < -0.4 is 4.90 Å². The minimum atomic E-state index is -3.18. The molecule has 1 saturated carbocycles. The highest BCUT2D eigenvalue weighted by molar-refractivity contribution is 7.90. The molecule has 8 heteroatoms. The molecule has 1 unspecified atom stereocenters. The Morgan fingerprint density at radius 1 is 1.27 bits per heavy atom. The van der Waals surface area contributed by atoms with Crippen molar-refractivity contribution in [2.24, 2.45) is 12.5 Å². The Morgan fingerprint density at radius 2 is 2.00 bits per heavy atom. The molecule has 1 aromatic heterocycles. The van der Waals surface area contributed by atoms with E-state index in [0.29, 0.717) is 26.1 Å². The summed E-state index contributed by atoms with van der Waals surface area (Å²) >= 11 is 0. The molecule has 1 atom stereocenters. The molecule has 3 heterocycles. The van der Waals surface area contributed by atoms with Crippen molar-refractivity contribution >= 4 is 21.6 Å². The van der Waals surface area contributed by atoms with Crippen LogP contribution in [0.15, 0.2) is 12.4 Å². The van der Waals surface area contributed by atoms with Crippen molar-refractivity contribution in [2.75, 3.05) is 24.5 Å². The van der Waals surface area contributed by atoms with E-state index < -0.39 is 15.4 Å². The molecule has 1 spiro atoms. The number of amides is 1. The molecule has 7 nitrogen and oxygen atoms in total. The molecule has 4 rings (SSSR count). The van der Waals surface area contributed by atoms with Crippen molar-refractivity contribution in [3.8, 4) is 0 Å². The van der Waals surface area contributed by atoms with E-state index in [1.165, 1.54) is 0 Å². The number of carbonyl (C=O) groups is 1. The van der Waals surface area contributed by atoms with Gasteiger partial charge in [-0.3, -0.25) is 9.48 Å². The van der Waals surface area contributed by atoms with Crippen molar-refractivity contribution in [2.45, 2.75) is 30.9 Å². The second-order valence-corrected chi connectivity index (χ2v) is 8.90. The Bertz CT molecular complexity index is 724. The van der Waals surface area contributed by atoms with Gasteiger partial charge in [0.25, 0.3) is 0 Å². The maximum Gasteiger partial charge on any atom is 0.234 e. The number of hydrogen-bond donors (Lipinski definition) is 0. The first-order chi connectivity index (χ1) is 10.4. The number of aryl methyl sites for hydroxylation is 1. The molecule has 120 valence electrons. The van der Waals surface area contributed by atoms with Gasteiger partial charge in [-0.25, -0.2) is 12.7 Å². The third-order valence-electron chi connectivity index (χ3n) is 5.14. The van der Waals surface area contributed by atoms with Crippen LogP contribution in [0.3, 0.4) is 0 Å². The van der Waals surface area contributed by atoms with Gasteiger partial charge in [-0.05, 0) is 25.7 Å². The van der Waals surface area contributed by atoms with Gasteiger partial charge in [0.2, 0.25) is 15.9 Å². The molecule has 2 saturated heterocycles. The third-order valence-corrected chi connectivity index (χ3v) is 7.49. The monoisotopic (exact) mass is 324 g/mol. The Morgan fingerprint density at radius 3 is 2.64 bits per heavy atom. The summed E-state index contributed by atoms with van der Waals surface area (Å²) in [5.41, 5.74) is 0.269. The molecule has 0 aromatic carbocycles. The molecule has 1 aromatic rings. The topological polar surface area (TPSA) is 75.5 Å². The normalized spacial score (nSPS) is 29.9. The van der Waals surface area contributed by atoms with Gasteiger partial charge in [-0.15, -0.1) is 0 Å². The van der Waals surface area contributed by atoms with Crippen LogP contribution in [0.2, 0.25) is 0 Å². The van der Waals surface area contributed by atoms with Crippen molar-refractivity contribution in [3.63, 3.8) is 0 Å². The Balaban J connectivity index is 1.55. The number of aromatic nitrogens is 2. The third kappa shape index (κ3) is 2.00. The summed E-state index contributed by atoms with van der Waals surface area (Å²) in [6.45, 7) is 1.47. The molecule has 0 bridgehead atoms. The van der Waals surface area contributed by atoms with E-state index in [1.54, 1.807) is 20.1 Å². The molecule has 1 amide bonds. The molecular formula is C14H20N4O3S. The summed E-state index contributed by atoms with van der Waals surface area (Å²) in [7, 11) is -1.37. The summed E-state index contributed by atoms with van der Waals surface area (Å²) in [5.74, 6) is 0.0500. The van der Waals surface area contributed by atoms with Crippen molar-refractivity contribution in [3.05, 3.63) is 12.4 Å². The highest BCUT2D eigenvalue weighted by Crippen LogP contribution is 2.44. The van der Waals surface area contributed by atoms with Gasteiger partial charge in [0.15, 0.2) is 0 Å². The maximum atomic E-state index is 12.9. The summed E-state index contributed by atoms with van der Waals surface area (Å²) in [4.78, 5) is 14.6. The van der Waals surface area contributed by atoms with Crippen LogP contribution in [-0.2, 0) is 21.9 Å². The highest BCUT2D eigenvalue weighted by atomic mass is 32.2. The van der Waals surface area contributed by atoms with Gasteiger partial charge in [-0.2, -0.15) is 5.10 Å². The Kier molecular flexibility index (Phi) is 2.93. The van der Waals surface area contributed by atoms with E-state index in [-0.39, 0.29) is 11.2 Å². The molecule has 0 radical (unpaired) electrons. The SMILES string of the molecule is Cn1cc(N2CCC3(CCN(S(=O)(=O)C4CC4)C3)C2=O)cn1. The van der Waals surface area contributed by atoms with E-state index in [2.05, 4.69) is 5.10 Å². The average Bonchev–Trinajstić information content (AvgIpc) is 3.01. The average molecular weight is 324 g/mol. The number of sulfonamides is 1. The van der Waals surface area contributed by atoms with E-state index >= 15 is 0 Å². The molecule has 22 heavy (non-hydrogen) atoms. The molecule has 0 N–H and O–H groups in total. The highest BCUT2D eigenvalue weighted by Gasteiger charge is 2.55. The second kappa shape index (κ2) is 4.55. The van der Waals surface area contributed by atoms with Gasteiger partial charge < -0.3 is 4.90 Å². The summed E-state index contributed by atoms with van der Waals surface area (Å²) in [6.07, 6.45) is 6.39. The lowest BCUT2D eigenvalue weighted by atomic mass is 9.86.